The van der Waals surface area contributed by atoms with Crippen LogP contribution in [-0.4, -0.2) is 57.1 Å². The molecule has 1 heterocycles. The highest BCUT2D eigenvalue weighted by Crippen LogP contribution is 2.39. The molecule has 2 aromatic carbocycles. The molecule has 0 fully saturated rings. The first-order chi connectivity index (χ1) is 16.6. The summed E-state index contributed by atoms with van der Waals surface area (Å²) in [5.74, 6) is 5.25. The third-order valence-corrected chi connectivity index (χ3v) is 5.24. The third kappa shape index (κ3) is 7.58. The summed E-state index contributed by atoms with van der Waals surface area (Å²) in [5, 5.41) is 16.4. The number of terminal acetylenes is 1. The van der Waals surface area contributed by atoms with Crippen molar-refractivity contribution >= 4 is 11.6 Å². The number of ether oxygens (including phenoxy) is 4. The van der Waals surface area contributed by atoms with Gasteiger partial charge < -0.3 is 34.7 Å². The number of aliphatic hydroxyl groups excluding tert-OH is 1. The number of methoxy groups -OCH3 is 1. The van der Waals surface area contributed by atoms with Gasteiger partial charge in [-0.2, -0.15) is 0 Å². The van der Waals surface area contributed by atoms with E-state index in [1.54, 1.807) is 19.2 Å². The first kappa shape index (κ1) is 25.2. The molecule has 2 aromatic rings. The van der Waals surface area contributed by atoms with Gasteiger partial charge in [-0.05, 0) is 55.8 Å². The second kappa shape index (κ2) is 13.3. The number of carbonyl (C=O) groups excluding carboxylic acids is 1. The van der Waals surface area contributed by atoms with Crippen LogP contribution in [0.15, 0.2) is 36.4 Å². The molecule has 0 radical (unpaired) electrons. The van der Waals surface area contributed by atoms with Gasteiger partial charge in [-0.1, -0.05) is 0 Å². The van der Waals surface area contributed by atoms with E-state index >= 15 is 0 Å². The van der Waals surface area contributed by atoms with Gasteiger partial charge in [-0.3, -0.25) is 4.79 Å². The van der Waals surface area contributed by atoms with E-state index in [4.69, 9.17) is 25.4 Å². The maximum atomic E-state index is 11.9. The molecule has 1 aliphatic heterocycles. The van der Waals surface area contributed by atoms with Crippen LogP contribution in [0.25, 0.3) is 0 Å². The van der Waals surface area contributed by atoms with Crippen LogP contribution in [-0.2, 0) is 11.2 Å². The zero-order valence-electron chi connectivity index (χ0n) is 19.5. The minimum absolute atomic E-state index is 0.0633. The summed E-state index contributed by atoms with van der Waals surface area (Å²) in [6.45, 7) is 2.17. The lowest BCUT2D eigenvalue weighted by Crippen LogP contribution is -2.32. The fourth-order valence-corrected chi connectivity index (χ4v) is 3.48. The van der Waals surface area contributed by atoms with Gasteiger partial charge in [0.05, 0.1) is 26.0 Å². The van der Waals surface area contributed by atoms with E-state index in [2.05, 4.69) is 16.6 Å². The van der Waals surface area contributed by atoms with E-state index < -0.39 is 6.10 Å². The van der Waals surface area contributed by atoms with E-state index in [1.165, 1.54) is 0 Å². The number of amides is 1. The minimum Gasteiger partial charge on any atom is -0.497 e. The fourth-order valence-electron chi connectivity index (χ4n) is 3.48. The molecule has 1 amide bonds. The van der Waals surface area contributed by atoms with Gasteiger partial charge in [-0.25, -0.2) is 0 Å². The highest BCUT2D eigenvalue weighted by Gasteiger charge is 2.23. The van der Waals surface area contributed by atoms with Gasteiger partial charge in [0.1, 0.15) is 35.7 Å². The molecule has 0 bridgehead atoms. The van der Waals surface area contributed by atoms with Crippen LogP contribution in [0.3, 0.4) is 0 Å². The largest absolute Gasteiger partial charge is 0.497 e. The Bertz CT molecular complexity index is 970. The van der Waals surface area contributed by atoms with Crippen molar-refractivity contribution in [3.8, 4) is 35.3 Å². The van der Waals surface area contributed by atoms with Crippen molar-refractivity contribution in [3.05, 3.63) is 42.0 Å². The molecule has 3 rings (SSSR count). The Kier molecular flexibility index (Phi) is 9.89. The number of rotatable bonds is 14. The van der Waals surface area contributed by atoms with Crippen LogP contribution in [0, 0.1) is 12.3 Å². The van der Waals surface area contributed by atoms with Crippen LogP contribution >= 0.6 is 0 Å². The molecular weight excluding hydrogens is 436 g/mol. The smallest absolute Gasteiger partial charge is 0.224 e. The minimum atomic E-state index is -0.678. The highest BCUT2D eigenvalue weighted by atomic mass is 16.5. The van der Waals surface area contributed by atoms with E-state index in [9.17, 15) is 9.90 Å². The normalized spacial score (nSPS) is 13.3. The molecule has 0 saturated heterocycles. The second-order valence-electron chi connectivity index (χ2n) is 7.81. The molecule has 1 aliphatic rings. The Morgan fingerprint density at radius 1 is 1.06 bits per heavy atom. The molecule has 34 heavy (non-hydrogen) atoms. The number of benzene rings is 2. The SMILES string of the molecule is C#CCCOc1ccc(OCC(O)CNCCCOc2ccc(OC)cc2)c2c1NC(=O)CC2. The average molecular weight is 469 g/mol. The number of carbonyl (C=O) groups is 1. The van der Waals surface area contributed by atoms with Crippen molar-refractivity contribution in [2.24, 2.45) is 0 Å². The number of fused-ring (bicyclic) bond motifs is 1. The zero-order valence-corrected chi connectivity index (χ0v) is 19.5. The predicted octanol–water partition coefficient (Wildman–Crippen LogP) is 2.78. The summed E-state index contributed by atoms with van der Waals surface area (Å²) >= 11 is 0. The van der Waals surface area contributed by atoms with Crippen molar-refractivity contribution in [1.82, 2.24) is 5.32 Å². The summed E-state index contributed by atoms with van der Waals surface area (Å²) in [6.07, 6.45) is 6.80. The quantitative estimate of drug-likeness (QED) is 0.290. The van der Waals surface area contributed by atoms with Gasteiger partial charge in [-0.15, -0.1) is 12.3 Å². The molecule has 8 heteroatoms. The maximum absolute atomic E-state index is 11.9. The second-order valence-corrected chi connectivity index (χ2v) is 7.81. The van der Waals surface area contributed by atoms with Crippen LogP contribution in [0.1, 0.15) is 24.8 Å². The fraction of sp³-hybridized carbons (Fsp3) is 0.423. The molecule has 1 atom stereocenters. The third-order valence-electron chi connectivity index (χ3n) is 5.24. The van der Waals surface area contributed by atoms with Gasteiger partial charge >= 0.3 is 0 Å². The molecule has 3 N–H and O–H groups in total. The summed E-state index contributed by atoms with van der Waals surface area (Å²) in [4.78, 5) is 11.9. The van der Waals surface area contributed by atoms with Crippen LogP contribution in [0.4, 0.5) is 5.69 Å². The topological polar surface area (TPSA) is 98.3 Å². The van der Waals surface area contributed by atoms with E-state index in [-0.39, 0.29) is 12.5 Å². The highest BCUT2D eigenvalue weighted by molar-refractivity contribution is 5.96. The molecule has 8 nitrogen and oxygen atoms in total. The number of anilines is 1. The van der Waals surface area contributed by atoms with Crippen LogP contribution in [0.2, 0.25) is 0 Å². The Hall–Kier alpha value is -3.41. The summed E-state index contributed by atoms with van der Waals surface area (Å²) in [7, 11) is 1.63. The summed E-state index contributed by atoms with van der Waals surface area (Å²) in [5.41, 5.74) is 1.49. The molecule has 0 spiro atoms. The Labute approximate surface area is 200 Å². The molecular formula is C26H32N2O6. The standard InChI is InChI=1S/C26H32N2O6/c1-3-4-15-33-24-12-11-23(22-10-13-25(30)28-26(22)24)34-18-19(29)17-27-14-5-16-32-21-8-6-20(31-2)7-9-21/h1,6-9,11-12,19,27,29H,4-5,10,13-18H2,2H3,(H,28,30). The van der Waals surface area contributed by atoms with Crippen LogP contribution in [0.5, 0.6) is 23.0 Å². The monoisotopic (exact) mass is 468 g/mol. The molecule has 1 unspecified atom stereocenters. The van der Waals surface area contributed by atoms with Crippen molar-refractivity contribution in [1.29, 1.82) is 0 Å². The van der Waals surface area contributed by atoms with E-state index in [0.29, 0.717) is 62.8 Å². The number of hydrogen-bond donors (Lipinski definition) is 3. The molecule has 0 aliphatic carbocycles. The van der Waals surface area contributed by atoms with Crippen molar-refractivity contribution in [2.45, 2.75) is 31.8 Å². The van der Waals surface area contributed by atoms with Gasteiger partial charge in [0.2, 0.25) is 5.91 Å². The van der Waals surface area contributed by atoms with Crippen LogP contribution < -0.4 is 29.6 Å². The van der Waals surface area contributed by atoms with Gasteiger partial charge in [0.25, 0.3) is 0 Å². The number of nitrogens with one attached hydrogen (secondary N) is 2. The van der Waals surface area contributed by atoms with E-state index in [1.807, 2.05) is 24.3 Å². The number of aliphatic hydroxyl groups is 1. The first-order valence-electron chi connectivity index (χ1n) is 11.4. The molecule has 0 aromatic heterocycles. The zero-order chi connectivity index (χ0) is 24.2. The Balaban J connectivity index is 1.39. The average Bonchev–Trinajstić information content (AvgIpc) is 2.85. The lowest BCUT2D eigenvalue weighted by Gasteiger charge is -2.23. The lowest BCUT2D eigenvalue weighted by molar-refractivity contribution is -0.116. The molecule has 0 saturated carbocycles. The Morgan fingerprint density at radius 3 is 2.59 bits per heavy atom. The number of hydrogen-bond acceptors (Lipinski definition) is 7. The first-order valence-corrected chi connectivity index (χ1v) is 11.4. The van der Waals surface area contributed by atoms with Crippen molar-refractivity contribution < 1.29 is 28.8 Å². The van der Waals surface area contributed by atoms with Crippen molar-refractivity contribution in [3.63, 3.8) is 0 Å². The predicted molar refractivity (Wildman–Crippen MR) is 130 cm³/mol. The summed E-state index contributed by atoms with van der Waals surface area (Å²) < 4.78 is 22.4. The Morgan fingerprint density at radius 2 is 1.82 bits per heavy atom. The van der Waals surface area contributed by atoms with Crippen molar-refractivity contribution in [2.75, 3.05) is 45.3 Å². The lowest BCUT2D eigenvalue weighted by atomic mass is 10.0. The van der Waals surface area contributed by atoms with E-state index in [0.717, 1.165) is 23.5 Å². The van der Waals surface area contributed by atoms with Gasteiger partial charge in [0, 0.05) is 24.9 Å². The molecule has 182 valence electrons. The summed E-state index contributed by atoms with van der Waals surface area (Å²) in [6, 6.07) is 11.0. The van der Waals surface area contributed by atoms with Gasteiger partial charge in [0.15, 0.2) is 0 Å². The maximum Gasteiger partial charge on any atom is 0.224 e.